The number of rotatable bonds is 9. The molecule has 5 rings (SSSR count). The van der Waals surface area contributed by atoms with E-state index in [9.17, 15) is 36.3 Å². The summed E-state index contributed by atoms with van der Waals surface area (Å²) in [7, 11) is -3.29. The molecule has 0 bridgehead atoms. The molecule has 2 fully saturated rings. The number of carbonyl (C=O) groups excluding carboxylic acids is 1. The minimum atomic E-state index is -5.09. The van der Waals surface area contributed by atoms with Gasteiger partial charge in [0.1, 0.15) is 28.7 Å². The Morgan fingerprint density at radius 2 is 1.95 bits per heavy atom. The summed E-state index contributed by atoms with van der Waals surface area (Å²) < 4.78 is 69.4. The maximum Gasteiger partial charge on any atom is 0.573 e. The Morgan fingerprint density at radius 3 is 2.60 bits per heavy atom. The summed E-state index contributed by atoms with van der Waals surface area (Å²) >= 11 is 1.11. The molecule has 4 heterocycles. The molecular weight excluding hydrogens is 625 g/mol. The van der Waals surface area contributed by atoms with Gasteiger partial charge < -0.3 is 25.4 Å². The van der Waals surface area contributed by atoms with Gasteiger partial charge >= 0.3 is 12.3 Å². The molecule has 1 amide bonds. The molecule has 228 valence electrons. The molecule has 2 aromatic heterocycles. The number of nitrogen functional groups attached to an aromatic ring is 1. The molecule has 3 aromatic rings. The average Bonchev–Trinajstić information content (AvgIpc) is 3.65. The number of ether oxygens (including phenoxy) is 1. The zero-order valence-electron chi connectivity index (χ0n) is 21.7. The van der Waals surface area contributed by atoms with Crippen LogP contribution >= 0.6 is 23.7 Å². The molecular formula is C24H26ClF3N6O6S2. The van der Waals surface area contributed by atoms with Gasteiger partial charge in [0.25, 0.3) is 0 Å². The average molecular weight is 651 g/mol. The van der Waals surface area contributed by atoms with Crippen LogP contribution in [0.4, 0.5) is 29.1 Å². The Balaban J connectivity index is 0.00000405. The van der Waals surface area contributed by atoms with E-state index in [4.69, 9.17) is 5.73 Å². The molecule has 0 aliphatic carbocycles. The lowest BCUT2D eigenvalue weighted by molar-refractivity contribution is -0.274. The number of thiazole rings is 1. The molecule has 18 heteroatoms. The first kappa shape index (κ1) is 31.4. The van der Waals surface area contributed by atoms with Crippen LogP contribution in [0.2, 0.25) is 0 Å². The number of aliphatic carboxylic acids is 1. The van der Waals surface area contributed by atoms with Gasteiger partial charge in [-0.3, -0.25) is 4.79 Å². The lowest BCUT2D eigenvalue weighted by Gasteiger charge is -2.27. The van der Waals surface area contributed by atoms with Crippen LogP contribution in [0.15, 0.2) is 30.6 Å². The highest BCUT2D eigenvalue weighted by Gasteiger charge is 2.44. The third-order valence-corrected chi connectivity index (χ3v) is 9.08. The van der Waals surface area contributed by atoms with Crippen molar-refractivity contribution in [1.29, 1.82) is 0 Å². The summed E-state index contributed by atoms with van der Waals surface area (Å²) in [4.78, 5) is 37.0. The van der Waals surface area contributed by atoms with E-state index in [-0.39, 0.29) is 47.1 Å². The van der Waals surface area contributed by atoms with Crippen molar-refractivity contribution in [3.05, 3.63) is 36.2 Å². The van der Waals surface area contributed by atoms with Crippen LogP contribution in [0.5, 0.6) is 5.75 Å². The number of carboxylic acids is 1. The fourth-order valence-corrected chi connectivity index (χ4v) is 7.08. The van der Waals surface area contributed by atoms with Gasteiger partial charge in [0.15, 0.2) is 5.13 Å². The minimum absolute atomic E-state index is 0. The van der Waals surface area contributed by atoms with E-state index in [1.165, 1.54) is 24.5 Å². The van der Waals surface area contributed by atoms with Crippen molar-refractivity contribution >= 4 is 73.2 Å². The molecule has 0 spiro atoms. The predicted molar refractivity (Wildman–Crippen MR) is 152 cm³/mol. The van der Waals surface area contributed by atoms with Gasteiger partial charge in [-0.2, -0.15) is 0 Å². The van der Waals surface area contributed by atoms with Crippen molar-refractivity contribution in [1.82, 2.24) is 14.9 Å². The predicted octanol–water partition coefficient (Wildman–Crippen LogP) is 2.82. The van der Waals surface area contributed by atoms with Crippen molar-refractivity contribution in [3.63, 3.8) is 0 Å². The highest BCUT2D eigenvalue weighted by Crippen LogP contribution is 2.37. The third kappa shape index (κ3) is 6.42. The van der Waals surface area contributed by atoms with Crippen LogP contribution in [0, 0.1) is 0 Å². The van der Waals surface area contributed by atoms with E-state index in [2.05, 4.69) is 14.7 Å². The zero-order valence-corrected chi connectivity index (χ0v) is 24.2. The maximum absolute atomic E-state index is 13.5. The van der Waals surface area contributed by atoms with E-state index in [1.54, 1.807) is 0 Å². The van der Waals surface area contributed by atoms with E-state index < -0.39 is 53.4 Å². The van der Waals surface area contributed by atoms with Gasteiger partial charge in [0, 0.05) is 37.6 Å². The summed E-state index contributed by atoms with van der Waals surface area (Å²) in [6, 6.07) is 0.999. The molecule has 2 aliphatic heterocycles. The number of pyridine rings is 1. The summed E-state index contributed by atoms with van der Waals surface area (Å²) in [6.45, 7) is 1.44. The lowest BCUT2D eigenvalue weighted by atomic mass is 10.00. The monoisotopic (exact) mass is 650 g/mol. The highest BCUT2D eigenvalue weighted by molar-refractivity contribution is 7.74. The number of carboxylic acid groups (broad SMARTS) is 1. The van der Waals surface area contributed by atoms with Crippen LogP contribution in [0.25, 0.3) is 10.8 Å². The number of benzene rings is 1. The molecule has 0 unspecified atom stereocenters. The van der Waals surface area contributed by atoms with E-state index >= 15 is 0 Å². The van der Waals surface area contributed by atoms with Crippen molar-refractivity contribution in [2.24, 2.45) is 0 Å². The number of anilines is 3. The number of nitrogens with zero attached hydrogens (tertiary/aromatic N) is 5. The van der Waals surface area contributed by atoms with E-state index in [1.807, 2.05) is 4.90 Å². The second-order valence-electron chi connectivity index (χ2n) is 9.58. The number of hydrogen-bond acceptors (Lipinski definition) is 10. The fourth-order valence-electron chi connectivity index (χ4n) is 5.18. The smallest absolute Gasteiger partial charge is 0.480 e. The topological polar surface area (TPSA) is 159 Å². The number of nitrogens with two attached hydrogens (primary N) is 1. The van der Waals surface area contributed by atoms with Gasteiger partial charge in [-0.05, 0) is 48.4 Å². The second-order valence-corrected chi connectivity index (χ2v) is 11.5. The molecule has 3 N–H and O–H groups in total. The number of alkyl halides is 3. The van der Waals surface area contributed by atoms with Gasteiger partial charge in [0.05, 0.1) is 6.20 Å². The molecule has 0 saturated carbocycles. The summed E-state index contributed by atoms with van der Waals surface area (Å²) in [5.41, 5.74) is 5.67. The number of hydrogen-bond donors (Lipinski definition) is 3. The number of halogens is 4. The van der Waals surface area contributed by atoms with Crippen LogP contribution in [0.3, 0.4) is 0 Å². The molecule has 2 aliphatic rings. The number of aromatic nitrogens is 2. The zero-order chi connectivity index (χ0) is 29.5. The van der Waals surface area contributed by atoms with Crippen LogP contribution in [-0.2, 0) is 26.9 Å². The Hall–Kier alpha value is -3.57. The summed E-state index contributed by atoms with van der Waals surface area (Å²) in [5, 5.41) is 11.4. The van der Waals surface area contributed by atoms with Gasteiger partial charge in [-0.1, -0.05) is 11.3 Å². The number of thiol groups is 1. The highest BCUT2D eigenvalue weighted by atomic mass is 35.5. The Morgan fingerprint density at radius 1 is 1.24 bits per heavy atom. The van der Waals surface area contributed by atoms with Crippen molar-refractivity contribution < 1.29 is 41.0 Å². The number of fused-ring (bicyclic) bond motifs is 1. The summed E-state index contributed by atoms with van der Waals surface area (Å²) in [5.74, 6) is -2.97. The van der Waals surface area contributed by atoms with Crippen molar-refractivity contribution in [3.8, 4) is 5.75 Å². The largest absolute Gasteiger partial charge is 0.573 e. The minimum Gasteiger partial charge on any atom is -0.480 e. The third-order valence-electron chi connectivity index (χ3n) is 7.04. The van der Waals surface area contributed by atoms with Crippen molar-refractivity contribution in [2.45, 2.75) is 44.1 Å². The molecule has 42 heavy (non-hydrogen) atoms. The fraction of sp³-hybridized carbons (Fsp3) is 0.417. The first-order valence-electron chi connectivity index (χ1n) is 12.5. The summed E-state index contributed by atoms with van der Waals surface area (Å²) in [6.07, 6.45) is -0.964. The van der Waals surface area contributed by atoms with Gasteiger partial charge in [0.2, 0.25) is 16.8 Å². The number of carbonyl (C=O) groups is 2. The maximum atomic E-state index is 13.5. The van der Waals surface area contributed by atoms with Gasteiger partial charge in [-0.15, -0.1) is 25.6 Å². The number of amides is 1. The van der Waals surface area contributed by atoms with Crippen LogP contribution < -0.4 is 19.7 Å². The Labute approximate surface area is 249 Å². The first-order chi connectivity index (χ1) is 19.4. The normalized spacial score (nSPS) is 18.0. The van der Waals surface area contributed by atoms with Gasteiger partial charge in [-0.25, -0.2) is 27.5 Å². The SMILES string of the molecule is Cl.Nc1nccc2cc(C[C@H](C(=O)O)N3CC[C@H](N(c4cnc(N5CCCC5)s4)[SH](=O)=O)C3=O)c(OC(F)(F)F)cc12. The Kier molecular flexibility index (Phi) is 9.22. The standard InChI is InChI=1S/C24H25F3N6O6S2.ClH/c25-24(26,27)39-18-11-15-13(3-5-29-20(15)28)9-14(18)10-17(22(35)36)32-8-4-16(21(32)34)33(41(37)38)19-12-30-23(40-19)31-6-1-2-7-31;/h3,5,9,11-12,16-17,41H,1-2,4,6-8,10H2,(H2,28,29)(H,35,36);1H/t16-,17+;/m0./s1. The van der Waals surface area contributed by atoms with E-state index in [0.29, 0.717) is 10.5 Å². The molecule has 2 atom stereocenters. The molecule has 1 aromatic carbocycles. The van der Waals surface area contributed by atoms with Crippen molar-refractivity contribution in [2.75, 3.05) is 34.6 Å². The second kappa shape index (κ2) is 12.3. The quantitative estimate of drug-likeness (QED) is 0.294. The lowest BCUT2D eigenvalue weighted by Crippen LogP contribution is -2.48. The van der Waals surface area contributed by atoms with E-state index in [0.717, 1.165) is 52.5 Å². The Bertz CT molecular complexity index is 1560. The molecule has 2 saturated heterocycles. The number of likely N-dealkylation sites (tertiary alicyclic amines) is 1. The first-order valence-corrected chi connectivity index (χ1v) is 14.5. The van der Waals surface area contributed by atoms with Crippen LogP contribution in [-0.4, -0.2) is 78.3 Å². The molecule has 12 nitrogen and oxygen atoms in total. The molecule has 0 radical (unpaired) electrons. The van der Waals surface area contributed by atoms with Crippen LogP contribution in [0.1, 0.15) is 24.8 Å².